The van der Waals surface area contributed by atoms with Gasteiger partial charge in [-0.15, -0.1) is 0 Å². The zero-order valence-corrected chi connectivity index (χ0v) is 34.9. The van der Waals surface area contributed by atoms with Crippen LogP contribution in [0.1, 0.15) is 76.4 Å². The fourth-order valence-electron chi connectivity index (χ4n) is 9.88. The Labute approximate surface area is 353 Å². The van der Waals surface area contributed by atoms with Crippen molar-refractivity contribution < 1.29 is 14.1 Å². The maximum Gasteiger partial charge on any atom is 0.438 e. The number of H-pyrrole nitrogens is 1. The highest BCUT2D eigenvalue weighted by molar-refractivity contribution is 6.32. The molecule has 0 radical (unpaired) electrons. The maximum atomic E-state index is 15.3. The fraction of sp³-hybridized carbons (Fsp3) is 0.333. The van der Waals surface area contributed by atoms with Crippen LogP contribution in [0, 0.1) is 19.8 Å². The smallest absolute Gasteiger partial charge is 0.381 e. The van der Waals surface area contributed by atoms with Crippen molar-refractivity contribution >= 4 is 39.3 Å². The SMILES string of the molecule is Cc1cc(-n2nc3c(c2-n2ccn(-c4ccc5c(cnn5C)c4)c2=O)CN(C(=O)c2cc4cc(C5CCOCC5)ccc4n2[C@@]2(c4noc(=O)[nH]4)C[C@@H]2C)CC3)cc(C)c1Cl. The van der Waals surface area contributed by atoms with Crippen molar-refractivity contribution in [3.8, 4) is 17.2 Å². The minimum atomic E-state index is -0.782. The molecule has 7 heterocycles. The summed E-state index contributed by atoms with van der Waals surface area (Å²) in [6.07, 6.45) is 8.29. The van der Waals surface area contributed by atoms with Gasteiger partial charge in [0.1, 0.15) is 17.1 Å². The van der Waals surface area contributed by atoms with Gasteiger partial charge >= 0.3 is 11.4 Å². The van der Waals surface area contributed by atoms with Gasteiger partial charge in [-0.2, -0.15) is 10.2 Å². The topological polar surface area (TPSA) is 156 Å². The monoisotopic (exact) mass is 838 g/mol. The molecule has 2 fully saturated rings. The number of aryl methyl sites for hydroxylation is 3. The molecule has 0 spiro atoms. The first-order chi connectivity index (χ1) is 29.5. The van der Waals surface area contributed by atoms with Crippen LogP contribution in [0.25, 0.3) is 39.0 Å². The van der Waals surface area contributed by atoms with Gasteiger partial charge in [0.05, 0.1) is 35.3 Å². The Morgan fingerprint density at radius 3 is 2.43 bits per heavy atom. The highest BCUT2D eigenvalue weighted by Gasteiger charge is 2.59. The molecule has 1 N–H and O–H groups in total. The summed E-state index contributed by atoms with van der Waals surface area (Å²) in [6, 6.07) is 18.2. The van der Waals surface area contributed by atoms with E-state index in [1.807, 2.05) is 66.9 Å². The molecule has 0 unspecified atom stereocenters. The van der Waals surface area contributed by atoms with E-state index in [0.717, 1.165) is 75.9 Å². The summed E-state index contributed by atoms with van der Waals surface area (Å²) in [6.45, 7) is 8.04. The predicted octanol–water partition coefficient (Wildman–Crippen LogP) is 6.48. The average molecular weight is 839 g/mol. The van der Waals surface area contributed by atoms with E-state index in [1.54, 1.807) is 32.4 Å². The Hall–Kier alpha value is -6.45. The number of rotatable bonds is 7. The molecule has 2 atom stereocenters. The first-order valence-corrected chi connectivity index (χ1v) is 21.1. The lowest BCUT2D eigenvalue weighted by Crippen LogP contribution is -2.39. The Morgan fingerprint density at radius 1 is 0.934 bits per heavy atom. The predicted molar refractivity (Wildman–Crippen MR) is 228 cm³/mol. The lowest BCUT2D eigenvalue weighted by Gasteiger charge is -2.29. The molecule has 11 rings (SSSR count). The number of hydrogen-bond donors (Lipinski definition) is 1. The zero-order chi connectivity index (χ0) is 41.9. The lowest BCUT2D eigenvalue weighted by molar-refractivity contribution is 0.0721. The van der Waals surface area contributed by atoms with Crippen molar-refractivity contribution in [1.82, 2.24) is 48.3 Å². The number of imidazole rings is 1. The van der Waals surface area contributed by atoms with Gasteiger partial charge in [0.2, 0.25) is 0 Å². The van der Waals surface area contributed by atoms with E-state index in [4.69, 9.17) is 26.0 Å². The van der Waals surface area contributed by atoms with Gasteiger partial charge in [-0.05, 0) is 110 Å². The van der Waals surface area contributed by atoms with E-state index in [0.29, 0.717) is 53.4 Å². The molecule has 16 heteroatoms. The number of hydrogen-bond acceptors (Lipinski definition) is 8. The highest BCUT2D eigenvalue weighted by Crippen LogP contribution is 2.56. The van der Waals surface area contributed by atoms with E-state index >= 15 is 4.79 Å². The van der Waals surface area contributed by atoms with Crippen LogP contribution >= 0.6 is 11.6 Å². The Balaban J connectivity index is 1.04. The van der Waals surface area contributed by atoms with Crippen LogP contribution in [-0.4, -0.2) is 74.0 Å². The van der Waals surface area contributed by atoms with Crippen molar-refractivity contribution in [2.75, 3.05) is 19.8 Å². The van der Waals surface area contributed by atoms with Crippen molar-refractivity contribution in [3.05, 3.63) is 139 Å². The second-order valence-corrected chi connectivity index (χ2v) is 17.3. The van der Waals surface area contributed by atoms with Gasteiger partial charge in [-0.25, -0.2) is 14.3 Å². The van der Waals surface area contributed by atoms with E-state index in [2.05, 4.69) is 44.9 Å². The average Bonchev–Trinajstić information content (AvgIpc) is 3.89. The minimum Gasteiger partial charge on any atom is -0.381 e. The van der Waals surface area contributed by atoms with Gasteiger partial charge in [0.25, 0.3) is 5.91 Å². The van der Waals surface area contributed by atoms with Crippen LogP contribution in [-0.2, 0) is 30.3 Å². The molecule has 1 amide bonds. The van der Waals surface area contributed by atoms with Gasteiger partial charge in [0, 0.05) is 72.5 Å². The molecule has 1 saturated heterocycles. The van der Waals surface area contributed by atoms with Gasteiger partial charge in [-0.3, -0.25) is 28.1 Å². The van der Waals surface area contributed by atoms with Crippen LogP contribution in [0.2, 0.25) is 5.02 Å². The molecule has 5 aromatic heterocycles. The van der Waals surface area contributed by atoms with Crippen molar-refractivity contribution in [3.63, 3.8) is 0 Å². The molecule has 3 aliphatic rings. The molecule has 310 valence electrons. The van der Waals surface area contributed by atoms with Crippen LogP contribution < -0.4 is 11.4 Å². The second kappa shape index (κ2) is 13.8. The molecule has 61 heavy (non-hydrogen) atoms. The van der Waals surface area contributed by atoms with Crippen molar-refractivity contribution in [2.45, 2.75) is 64.5 Å². The lowest BCUT2D eigenvalue weighted by atomic mass is 9.91. The van der Waals surface area contributed by atoms with Crippen LogP contribution in [0.15, 0.2) is 87.3 Å². The summed E-state index contributed by atoms with van der Waals surface area (Å²) in [4.78, 5) is 46.9. The summed E-state index contributed by atoms with van der Waals surface area (Å²) < 4.78 is 19.6. The molecule has 8 aromatic rings. The first-order valence-electron chi connectivity index (χ1n) is 20.7. The third kappa shape index (κ3) is 5.81. The van der Waals surface area contributed by atoms with E-state index < -0.39 is 11.3 Å². The van der Waals surface area contributed by atoms with E-state index in [9.17, 15) is 9.59 Å². The van der Waals surface area contributed by atoms with E-state index in [1.165, 1.54) is 5.56 Å². The molecule has 1 saturated carbocycles. The molecular formula is C45H43ClN10O5. The first kappa shape index (κ1) is 37.5. The van der Waals surface area contributed by atoms with E-state index in [-0.39, 0.29) is 24.1 Å². The number of benzene rings is 3. The number of carbonyl (C=O) groups is 1. The molecule has 1 aliphatic carbocycles. The zero-order valence-electron chi connectivity index (χ0n) is 34.2. The van der Waals surface area contributed by atoms with Crippen molar-refractivity contribution in [1.29, 1.82) is 0 Å². The summed E-state index contributed by atoms with van der Waals surface area (Å²) in [7, 11) is 1.89. The normalized spacial score (nSPS) is 19.3. The summed E-state index contributed by atoms with van der Waals surface area (Å²) >= 11 is 6.65. The molecule has 2 aliphatic heterocycles. The molecular weight excluding hydrogens is 796 g/mol. The molecule has 0 bridgehead atoms. The third-order valence-electron chi connectivity index (χ3n) is 13.2. The number of ether oxygens (including phenoxy) is 1. The van der Waals surface area contributed by atoms with Crippen molar-refractivity contribution in [2.24, 2.45) is 13.0 Å². The maximum absolute atomic E-state index is 15.3. The Morgan fingerprint density at radius 2 is 1.69 bits per heavy atom. The van der Waals surface area contributed by atoms with Gasteiger partial charge < -0.3 is 14.2 Å². The molecule has 3 aromatic carbocycles. The summed E-state index contributed by atoms with van der Waals surface area (Å²) in [5.74, 6) is 0.556. The number of nitrogens with zero attached hydrogens (tertiary/aromatic N) is 9. The number of nitrogens with one attached hydrogen (secondary N) is 1. The van der Waals surface area contributed by atoms with Gasteiger partial charge in [-0.1, -0.05) is 29.7 Å². The number of fused-ring (bicyclic) bond motifs is 3. The summed E-state index contributed by atoms with van der Waals surface area (Å²) in [5.41, 5.74) is 7.25. The number of halogens is 1. The minimum absolute atomic E-state index is 0.0597. The number of aromatic nitrogens is 9. The molecule has 15 nitrogen and oxygen atoms in total. The number of carbonyl (C=O) groups excluding carboxylic acids is 1. The number of aromatic amines is 1. The third-order valence-corrected chi connectivity index (χ3v) is 13.8. The quantitative estimate of drug-likeness (QED) is 0.191. The summed E-state index contributed by atoms with van der Waals surface area (Å²) in [5, 5.41) is 16.2. The Bertz CT molecular complexity index is 3180. The Kier molecular flexibility index (Phi) is 8.49. The van der Waals surface area contributed by atoms with Crippen LogP contribution in [0.4, 0.5) is 0 Å². The highest BCUT2D eigenvalue weighted by atomic mass is 35.5. The largest absolute Gasteiger partial charge is 0.438 e. The standard InChI is InChI=1S/C45H43ClN10O5/c1-25-17-33(18-26(2)39(25)46)56-40(54-14-13-53(44(54)59)32-6-8-36-31(20-32)23-47-51(36)4)34-24-52(12-9-35(34)49-56)41(57)38-21-30-19-29(28-10-15-60-16-11-28)5-7-37(30)55(38)45(22-27(45)3)42-48-43(58)61-50-42/h5-8,13-14,17-21,23,27-28H,9-12,15-16,22,24H2,1-4H3,(H,48,50,58)/t27-,45-/m0/s1. The second-order valence-electron chi connectivity index (χ2n) is 16.9. The fourth-order valence-corrected chi connectivity index (χ4v) is 9.99. The van der Waals surface area contributed by atoms with Crippen LogP contribution in [0.5, 0.6) is 0 Å². The van der Waals surface area contributed by atoms with Gasteiger partial charge in [0.15, 0.2) is 5.82 Å². The number of amides is 1. The van der Waals surface area contributed by atoms with Crippen LogP contribution in [0.3, 0.4) is 0 Å².